The van der Waals surface area contributed by atoms with E-state index in [-0.39, 0.29) is 12.3 Å². The normalized spacial score (nSPS) is 9.89. The lowest BCUT2D eigenvalue weighted by molar-refractivity contribution is -0.119. The van der Waals surface area contributed by atoms with E-state index in [1.54, 1.807) is 6.07 Å². The predicted molar refractivity (Wildman–Crippen MR) is 72.3 cm³/mol. The quantitative estimate of drug-likeness (QED) is 0.815. The molecule has 0 aliphatic rings. The smallest absolute Gasteiger partial charge is 0.257 e. The Balaban J connectivity index is 1.98. The second-order valence-corrected chi connectivity index (χ2v) is 4.09. The molecule has 0 atom stereocenters. The Morgan fingerprint density at radius 1 is 1.16 bits per heavy atom. The summed E-state index contributed by atoms with van der Waals surface area (Å²) in [4.78, 5) is 23.5. The van der Waals surface area contributed by atoms with Gasteiger partial charge in [0.05, 0.1) is 6.42 Å². The molecule has 2 amide bonds. The van der Waals surface area contributed by atoms with E-state index < -0.39 is 5.91 Å². The van der Waals surface area contributed by atoms with E-state index in [0.717, 1.165) is 5.56 Å². The third kappa shape index (κ3) is 3.67. The Kier molecular flexibility index (Phi) is 3.93. The fraction of sp³-hybridized carbons (Fsp3) is 0.0667. The number of rotatable bonds is 3. The van der Waals surface area contributed by atoms with Crippen LogP contribution in [-0.4, -0.2) is 11.8 Å². The van der Waals surface area contributed by atoms with Crippen LogP contribution in [0.25, 0.3) is 0 Å². The molecule has 0 unspecified atom stereocenters. The standard InChI is InChI=1S/C15H13N2O2/c16-13-8-4-7-12(10-13)15(19)17-14(18)9-11-5-2-1-3-6-11/h1-3,5-8,10H,9,16H2,(H,17,18,19). The molecule has 2 rings (SSSR count). The van der Waals surface area contributed by atoms with Crippen LogP contribution in [0.2, 0.25) is 0 Å². The van der Waals surface area contributed by atoms with Gasteiger partial charge in [0, 0.05) is 11.3 Å². The molecule has 0 aliphatic heterocycles. The Bertz CT molecular complexity index is 594. The first-order chi connectivity index (χ1) is 9.15. The van der Waals surface area contributed by atoms with E-state index >= 15 is 0 Å². The van der Waals surface area contributed by atoms with Crippen LogP contribution < -0.4 is 11.1 Å². The minimum absolute atomic E-state index is 0.165. The van der Waals surface area contributed by atoms with Crippen molar-refractivity contribution in [1.82, 2.24) is 5.32 Å². The number of benzene rings is 2. The molecule has 3 N–H and O–H groups in total. The van der Waals surface area contributed by atoms with E-state index in [0.29, 0.717) is 11.3 Å². The van der Waals surface area contributed by atoms with E-state index in [9.17, 15) is 9.59 Å². The highest BCUT2D eigenvalue weighted by molar-refractivity contribution is 6.05. The van der Waals surface area contributed by atoms with Crippen LogP contribution in [0.1, 0.15) is 15.9 Å². The Morgan fingerprint density at radius 2 is 1.89 bits per heavy atom. The molecule has 0 heterocycles. The monoisotopic (exact) mass is 253 g/mol. The Hall–Kier alpha value is -2.62. The SMILES string of the molecule is Nc1c[c]cc(C(=O)NC(=O)Cc2ccccc2)c1. The number of nitrogens with one attached hydrogen (secondary N) is 1. The van der Waals surface area contributed by atoms with Gasteiger partial charge in [0.15, 0.2) is 0 Å². The molecule has 19 heavy (non-hydrogen) atoms. The third-order valence-corrected chi connectivity index (χ3v) is 2.53. The third-order valence-electron chi connectivity index (χ3n) is 2.53. The summed E-state index contributed by atoms with van der Waals surface area (Å²) in [6.45, 7) is 0. The fourth-order valence-corrected chi connectivity index (χ4v) is 1.65. The van der Waals surface area contributed by atoms with Gasteiger partial charge in [-0.2, -0.15) is 0 Å². The summed E-state index contributed by atoms with van der Waals surface area (Å²) in [5.74, 6) is -0.817. The topological polar surface area (TPSA) is 72.2 Å². The highest BCUT2D eigenvalue weighted by Crippen LogP contribution is 2.06. The summed E-state index contributed by atoms with van der Waals surface area (Å²) >= 11 is 0. The van der Waals surface area contributed by atoms with Crippen LogP contribution in [-0.2, 0) is 11.2 Å². The van der Waals surface area contributed by atoms with Crippen molar-refractivity contribution in [3.05, 3.63) is 65.7 Å². The van der Waals surface area contributed by atoms with Gasteiger partial charge in [-0.25, -0.2) is 0 Å². The number of nitrogens with two attached hydrogens (primary N) is 1. The van der Waals surface area contributed by atoms with Gasteiger partial charge in [-0.3, -0.25) is 14.9 Å². The summed E-state index contributed by atoms with van der Waals surface area (Å²) in [6.07, 6.45) is 0.165. The first kappa shape index (κ1) is 12.8. The van der Waals surface area contributed by atoms with Crippen molar-refractivity contribution in [3.8, 4) is 0 Å². The minimum atomic E-state index is -0.468. The average Bonchev–Trinajstić information content (AvgIpc) is 2.39. The van der Waals surface area contributed by atoms with Gasteiger partial charge in [-0.15, -0.1) is 0 Å². The van der Waals surface area contributed by atoms with Crippen molar-refractivity contribution in [1.29, 1.82) is 0 Å². The second-order valence-electron chi connectivity index (χ2n) is 4.09. The lowest BCUT2D eigenvalue weighted by Crippen LogP contribution is -2.31. The zero-order chi connectivity index (χ0) is 13.7. The zero-order valence-electron chi connectivity index (χ0n) is 10.2. The highest BCUT2D eigenvalue weighted by atomic mass is 16.2. The van der Waals surface area contributed by atoms with Crippen molar-refractivity contribution < 1.29 is 9.59 Å². The first-order valence-corrected chi connectivity index (χ1v) is 5.80. The maximum atomic E-state index is 11.8. The maximum absolute atomic E-state index is 11.8. The van der Waals surface area contributed by atoms with Crippen molar-refractivity contribution in [2.24, 2.45) is 0 Å². The lowest BCUT2D eigenvalue weighted by atomic mass is 10.1. The number of imide groups is 1. The van der Waals surface area contributed by atoms with E-state index in [2.05, 4.69) is 11.4 Å². The number of carbonyl (C=O) groups excluding carboxylic acids is 2. The second kappa shape index (κ2) is 5.82. The summed E-state index contributed by atoms with van der Waals surface area (Å²) in [5.41, 5.74) is 7.16. The number of carbonyl (C=O) groups is 2. The van der Waals surface area contributed by atoms with Gasteiger partial charge in [0.2, 0.25) is 5.91 Å². The maximum Gasteiger partial charge on any atom is 0.257 e. The van der Waals surface area contributed by atoms with E-state index in [1.807, 2.05) is 30.3 Å². The molecule has 2 aromatic carbocycles. The Labute approximate surface area is 111 Å². The van der Waals surface area contributed by atoms with Gasteiger partial charge in [0.25, 0.3) is 5.91 Å². The van der Waals surface area contributed by atoms with Gasteiger partial charge >= 0.3 is 0 Å². The number of amides is 2. The molecule has 1 radical (unpaired) electrons. The molecule has 0 fully saturated rings. The van der Waals surface area contributed by atoms with Crippen LogP contribution >= 0.6 is 0 Å². The van der Waals surface area contributed by atoms with Crippen LogP contribution in [0.5, 0.6) is 0 Å². The van der Waals surface area contributed by atoms with Crippen LogP contribution in [0.15, 0.2) is 48.5 Å². The molecule has 4 nitrogen and oxygen atoms in total. The van der Waals surface area contributed by atoms with Crippen molar-refractivity contribution >= 4 is 17.5 Å². The molecular weight excluding hydrogens is 240 g/mol. The average molecular weight is 253 g/mol. The molecular formula is C15H13N2O2. The minimum Gasteiger partial charge on any atom is -0.399 e. The number of hydrogen-bond acceptors (Lipinski definition) is 3. The molecule has 2 aromatic rings. The lowest BCUT2D eigenvalue weighted by Gasteiger charge is -2.04. The molecule has 95 valence electrons. The van der Waals surface area contributed by atoms with E-state index in [4.69, 9.17) is 5.73 Å². The molecule has 0 saturated heterocycles. The highest BCUT2D eigenvalue weighted by Gasteiger charge is 2.10. The Morgan fingerprint density at radius 3 is 2.58 bits per heavy atom. The molecule has 0 saturated carbocycles. The summed E-state index contributed by atoms with van der Waals surface area (Å²) in [6, 6.07) is 16.5. The number of nitrogen functional groups attached to an aromatic ring is 1. The van der Waals surface area contributed by atoms with Crippen molar-refractivity contribution in [2.45, 2.75) is 6.42 Å². The fourth-order valence-electron chi connectivity index (χ4n) is 1.65. The van der Waals surface area contributed by atoms with Gasteiger partial charge < -0.3 is 5.73 Å². The van der Waals surface area contributed by atoms with Gasteiger partial charge in [0.1, 0.15) is 0 Å². The number of hydrogen-bond donors (Lipinski definition) is 2. The molecule has 4 heteroatoms. The van der Waals surface area contributed by atoms with Gasteiger partial charge in [-0.05, 0) is 29.8 Å². The zero-order valence-corrected chi connectivity index (χ0v) is 10.2. The summed E-state index contributed by atoms with van der Waals surface area (Å²) < 4.78 is 0. The van der Waals surface area contributed by atoms with Crippen molar-refractivity contribution in [2.75, 3.05) is 5.73 Å². The van der Waals surface area contributed by atoms with Gasteiger partial charge in [-0.1, -0.05) is 30.3 Å². The molecule has 0 aromatic heterocycles. The summed E-state index contributed by atoms with van der Waals surface area (Å²) in [7, 11) is 0. The summed E-state index contributed by atoms with van der Waals surface area (Å²) in [5, 5.41) is 2.32. The molecule has 0 spiro atoms. The van der Waals surface area contributed by atoms with Crippen LogP contribution in [0.4, 0.5) is 5.69 Å². The van der Waals surface area contributed by atoms with Crippen LogP contribution in [0.3, 0.4) is 0 Å². The molecule has 0 aliphatic carbocycles. The largest absolute Gasteiger partial charge is 0.399 e. The molecule has 0 bridgehead atoms. The predicted octanol–water partition coefficient (Wildman–Crippen LogP) is 1.57. The first-order valence-electron chi connectivity index (χ1n) is 5.80. The number of anilines is 1. The van der Waals surface area contributed by atoms with E-state index in [1.165, 1.54) is 12.1 Å². The van der Waals surface area contributed by atoms with Crippen LogP contribution in [0, 0.1) is 6.07 Å². The van der Waals surface area contributed by atoms with Crippen molar-refractivity contribution in [3.63, 3.8) is 0 Å².